The van der Waals surface area contributed by atoms with Gasteiger partial charge < -0.3 is 0 Å². The fourth-order valence-corrected chi connectivity index (χ4v) is 3.68. The largest absolute Gasteiger partial charge is 0.287 e. The van der Waals surface area contributed by atoms with Crippen molar-refractivity contribution < 1.29 is 0 Å². The number of thioether (sulfide) groups is 1. The molecule has 0 unspecified atom stereocenters. The monoisotopic (exact) mass is 191 g/mol. The molecule has 0 N–H and O–H groups in total. The van der Waals surface area contributed by atoms with Gasteiger partial charge in [-0.15, -0.1) is 11.8 Å². The van der Waals surface area contributed by atoms with Gasteiger partial charge in [-0.25, -0.2) is 0 Å². The van der Waals surface area contributed by atoms with Crippen molar-refractivity contribution in [3.05, 3.63) is 35.4 Å². The van der Waals surface area contributed by atoms with Gasteiger partial charge in [0.25, 0.3) is 0 Å². The molecule has 0 saturated carbocycles. The minimum atomic E-state index is 0.671. The SMILES string of the molecule is c1ccc2c(c1)CCN1CCS[C@@H]21. The lowest BCUT2D eigenvalue weighted by Gasteiger charge is -2.30. The Morgan fingerprint density at radius 1 is 1.23 bits per heavy atom. The Kier molecular flexibility index (Phi) is 1.84. The van der Waals surface area contributed by atoms with Crippen LogP contribution in [-0.4, -0.2) is 23.7 Å². The highest BCUT2D eigenvalue weighted by atomic mass is 32.2. The zero-order valence-electron chi connectivity index (χ0n) is 7.57. The first-order chi connectivity index (χ1) is 6.45. The molecule has 0 aliphatic carbocycles. The summed E-state index contributed by atoms with van der Waals surface area (Å²) in [6.45, 7) is 2.54. The third kappa shape index (κ3) is 1.20. The summed E-state index contributed by atoms with van der Waals surface area (Å²) in [4.78, 5) is 2.60. The molecule has 1 nitrogen and oxygen atoms in total. The molecule has 13 heavy (non-hydrogen) atoms. The quantitative estimate of drug-likeness (QED) is 0.619. The third-order valence-corrected chi connectivity index (χ3v) is 4.26. The summed E-state index contributed by atoms with van der Waals surface area (Å²) in [6.07, 6.45) is 1.24. The summed E-state index contributed by atoms with van der Waals surface area (Å²) >= 11 is 2.09. The van der Waals surface area contributed by atoms with Crippen LogP contribution in [0.25, 0.3) is 0 Å². The second-order valence-corrected chi connectivity index (χ2v) is 4.90. The zero-order chi connectivity index (χ0) is 8.67. The Bertz CT molecular complexity index is 324. The highest BCUT2D eigenvalue weighted by Gasteiger charge is 2.30. The maximum absolute atomic E-state index is 2.60. The van der Waals surface area contributed by atoms with Gasteiger partial charge in [-0.05, 0) is 17.5 Å². The van der Waals surface area contributed by atoms with Crippen LogP contribution in [0.5, 0.6) is 0 Å². The van der Waals surface area contributed by atoms with E-state index in [1.807, 2.05) is 0 Å². The number of benzene rings is 1. The fraction of sp³-hybridized carbons (Fsp3) is 0.455. The van der Waals surface area contributed by atoms with E-state index in [2.05, 4.69) is 40.9 Å². The van der Waals surface area contributed by atoms with Gasteiger partial charge in [-0.3, -0.25) is 4.90 Å². The van der Waals surface area contributed by atoms with Crippen molar-refractivity contribution in [2.45, 2.75) is 11.8 Å². The number of hydrogen-bond donors (Lipinski definition) is 0. The fourth-order valence-electron chi connectivity index (χ4n) is 2.29. The van der Waals surface area contributed by atoms with E-state index in [1.165, 1.54) is 25.3 Å². The Morgan fingerprint density at radius 3 is 3.15 bits per heavy atom. The molecule has 0 amide bonds. The van der Waals surface area contributed by atoms with Crippen molar-refractivity contribution in [1.82, 2.24) is 4.90 Å². The van der Waals surface area contributed by atoms with E-state index in [0.29, 0.717) is 5.37 Å². The predicted molar refractivity (Wildman–Crippen MR) is 56.9 cm³/mol. The molecule has 1 atom stereocenters. The molecule has 1 fully saturated rings. The Morgan fingerprint density at radius 2 is 2.15 bits per heavy atom. The predicted octanol–water partition coefficient (Wildman–Crippen LogP) is 2.29. The summed E-state index contributed by atoms with van der Waals surface area (Å²) in [5, 5.41) is 0.671. The second-order valence-electron chi connectivity index (χ2n) is 3.71. The normalized spacial score (nSPS) is 26.9. The van der Waals surface area contributed by atoms with Gasteiger partial charge in [0.2, 0.25) is 0 Å². The van der Waals surface area contributed by atoms with Crippen LogP contribution in [0.15, 0.2) is 24.3 Å². The molecule has 1 aromatic rings. The lowest BCUT2D eigenvalue weighted by atomic mass is 10.00. The average Bonchev–Trinajstić information content (AvgIpc) is 2.65. The minimum absolute atomic E-state index is 0.671. The zero-order valence-corrected chi connectivity index (χ0v) is 8.39. The number of rotatable bonds is 0. The van der Waals surface area contributed by atoms with Crippen LogP contribution in [0.1, 0.15) is 16.5 Å². The number of hydrogen-bond acceptors (Lipinski definition) is 2. The molecular formula is C11H13NS. The smallest absolute Gasteiger partial charge is 0.0817 e. The van der Waals surface area contributed by atoms with Crippen molar-refractivity contribution in [3.8, 4) is 0 Å². The molecule has 2 heterocycles. The maximum Gasteiger partial charge on any atom is 0.0817 e. The van der Waals surface area contributed by atoms with Crippen LogP contribution in [-0.2, 0) is 6.42 Å². The maximum atomic E-state index is 2.60. The van der Waals surface area contributed by atoms with Crippen molar-refractivity contribution in [2.24, 2.45) is 0 Å². The standard InChI is InChI=1S/C11H13NS/c1-2-4-10-9(3-1)5-6-12-7-8-13-11(10)12/h1-4,11H,5-8H2/t11-/m0/s1. The summed E-state index contributed by atoms with van der Waals surface area (Å²) in [7, 11) is 0. The summed E-state index contributed by atoms with van der Waals surface area (Å²) in [6, 6.07) is 8.91. The van der Waals surface area contributed by atoms with Crippen molar-refractivity contribution in [2.75, 3.05) is 18.8 Å². The molecule has 2 aliphatic heterocycles. The Labute approximate surface area is 83.1 Å². The Hall–Kier alpha value is -0.470. The molecule has 1 aromatic carbocycles. The minimum Gasteiger partial charge on any atom is -0.287 e. The van der Waals surface area contributed by atoms with Crippen LogP contribution in [0.4, 0.5) is 0 Å². The third-order valence-electron chi connectivity index (χ3n) is 2.98. The van der Waals surface area contributed by atoms with Gasteiger partial charge in [0, 0.05) is 18.8 Å². The average molecular weight is 191 g/mol. The molecule has 3 rings (SSSR count). The Balaban J connectivity index is 2.06. The van der Waals surface area contributed by atoms with Crippen LogP contribution >= 0.6 is 11.8 Å². The van der Waals surface area contributed by atoms with Gasteiger partial charge in [-0.2, -0.15) is 0 Å². The lowest BCUT2D eigenvalue weighted by Crippen LogP contribution is -2.30. The van der Waals surface area contributed by atoms with Gasteiger partial charge >= 0.3 is 0 Å². The first-order valence-corrected chi connectivity index (χ1v) is 5.93. The van der Waals surface area contributed by atoms with Crippen molar-refractivity contribution >= 4 is 11.8 Å². The van der Waals surface area contributed by atoms with E-state index in [0.717, 1.165) is 0 Å². The van der Waals surface area contributed by atoms with E-state index in [4.69, 9.17) is 0 Å². The summed E-state index contributed by atoms with van der Waals surface area (Å²) in [5.41, 5.74) is 3.13. The van der Waals surface area contributed by atoms with Crippen LogP contribution < -0.4 is 0 Å². The molecule has 0 radical (unpaired) electrons. The molecule has 0 aromatic heterocycles. The number of fused-ring (bicyclic) bond motifs is 3. The lowest BCUT2D eigenvalue weighted by molar-refractivity contribution is 0.278. The van der Waals surface area contributed by atoms with Crippen LogP contribution in [0.3, 0.4) is 0 Å². The van der Waals surface area contributed by atoms with Crippen molar-refractivity contribution in [1.29, 1.82) is 0 Å². The van der Waals surface area contributed by atoms with E-state index < -0.39 is 0 Å². The van der Waals surface area contributed by atoms with E-state index in [-0.39, 0.29) is 0 Å². The molecule has 0 bridgehead atoms. The summed E-state index contributed by atoms with van der Waals surface area (Å²) in [5.74, 6) is 1.30. The first-order valence-electron chi connectivity index (χ1n) is 4.88. The van der Waals surface area contributed by atoms with Gasteiger partial charge in [0.05, 0.1) is 5.37 Å². The van der Waals surface area contributed by atoms with Crippen molar-refractivity contribution in [3.63, 3.8) is 0 Å². The van der Waals surface area contributed by atoms with E-state index in [9.17, 15) is 0 Å². The highest BCUT2D eigenvalue weighted by Crippen LogP contribution is 2.41. The van der Waals surface area contributed by atoms with E-state index in [1.54, 1.807) is 11.1 Å². The van der Waals surface area contributed by atoms with Crippen LogP contribution in [0, 0.1) is 0 Å². The van der Waals surface area contributed by atoms with Gasteiger partial charge in [0.1, 0.15) is 0 Å². The number of nitrogens with zero attached hydrogens (tertiary/aromatic N) is 1. The molecule has 2 heteroatoms. The van der Waals surface area contributed by atoms with E-state index >= 15 is 0 Å². The molecule has 68 valence electrons. The molecule has 0 spiro atoms. The second kappa shape index (κ2) is 3.03. The van der Waals surface area contributed by atoms with Gasteiger partial charge in [-0.1, -0.05) is 24.3 Å². The topological polar surface area (TPSA) is 3.24 Å². The van der Waals surface area contributed by atoms with Gasteiger partial charge in [0.15, 0.2) is 0 Å². The molecular weight excluding hydrogens is 178 g/mol. The highest BCUT2D eigenvalue weighted by molar-refractivity contribution is 7.99. The first kappa shape index (κ1) is 7.89. The molecule has 1 saturated heterocycles. The van der Waals surface area contributed by atoms with Crippen LogP contribution in [0.2, 0.25) is 0 Å². The molecule has 2 aliphatic rings. The summed E-state index contributed by atoms with van der Waals surface area (Å²) < 4.78 is 0.